The third-order valence-electron chi connectivity index (χ3n) is 4.40. The Bertz CT molecular complexity index is 815. The van der Waals surface area contributed by atoms with Gasteiger partial charge in [-0.2, -0.15) is 0 Å². The lowest BCUT2D eigenvalue weighted by Gasteiger charge is -2.30. The number of para-hydroxylation sites is 1. The molecular formula is C22H26Cl2N2O3. The second kappa shape index (κ2) is 11.7. The zero-order valence-electron chi connectivity index (χ0n) is 16.7. The van der Waals surface area contributed by atoms with Crippen molar-refractivity contribution in [1.82, 2.24) is 10.2 Å². The van der Waals surface area contributed by atoms with Gasteiger partial charge in [0.15, 0.2) is 6.61 Å². The number of halogens is 2. The minimum Gasteiger partial charge on any atom is -0.484 e. The first-order valence-corrected chi connectivity index (χ1v) is 10.4. The SMILES string of the molecule is CCCNC(=O)[C@@H](CC)N(Cc1ccc(Cl)cc1Cl)C(=O)COc1ccccc1. The molecule has 0 aliphatic rings. The minimum absolute atomic E-state index is 0.174. The van der Waals surface area contributed by atoms with Gasteiger partial charge in [0.25, 0.3) is 5.91 Å². The lowest BCUT2D eigenvalue weighted by Crippen LogP contribution is -2.50. The number of ether oxygens (including phenoxy) is 1. The predicted octanol–water partition coefficient (Wildman–Crippen LogP) is 4.71. The molecule has 5 nitrogen and oxygen atoms in total. The second-order valence-corrected chi connectivity index (χ2v) is 7.42. The molecule has 2 aromatic rings. The van der Waals surface area contributed by atoms with E-state index in [1.54, 1.807) is 30.3 Å². The van der Waals surface area contributed by atoms with Crippen molar-refractivity contribution in [2.45, 2.75) is 39.3 Å². The molecule has 7 heteroatoms. The molecule has 0 spiro atoms. The fourth-order valence-corrected chi connectivity index (χ4v) is 3.33. The number of nitrogens with one attached hydrogen (secondary N) is 1. The van der Waals surface area contributed by atoms with Crippen LogP contribution in [0.4, 0.5) is 0 Å². The summed E-state index contributed by atoms with van der Waals surface area (Å²) < 4.78 is 5.61. The van der Waals surface area contributed by atoms with E-state index in [1.807, 2.05) is 32.0 Å². The number of benzene rings is 2. The molecule has 1 N–H and O–H groups in total. The minimum atomic E-state index is -0.625. The van der Waals surface area contributed by atoms with Gasteiger partial charge in [-0.15, -0.1) is 0 Å². The number of hydrogen-bond acceptors (Lipinski definition) is 3. The molecule has 0 unspecified atom stereocenters. The maximum atomic E-state index is 13.0. The number of carbonyl (C=O) groups excluding carboxylic acids is 2. The Morgan fingerprint density at radius 1 is 1.10 bits per heavy atom. The highest BCUT2D eigenvalue weighted by atomic mass is 35.5. The van der Waals surface area contributed by atoms with Crippen molar-refractivity contribution in [1.29, 1.82) is 0 Å². The smallest absolute Gasteiger partial charge is 0.261 e. The van der Waals surface area contributed by atoms with E-state index in [9.17, 15) is 9.59 Å². The fourth-order valence-electron chi connectivity index (χ4n) is 2.86. The molecule has 0 bridgehead atoms. The van der Waals surface area contributed by atoms with E-state index in [-0.39, 0.29) is 25.0 Å². The number of carbonyl (C=O) groups is 2. The van der Waals surface area contributed by atoms with Crippen LogP contribution in [0.1, 0.15) is 32.3 Å². The van der Waals surface area contributed by atoms with Crippen molar-refractivity contribution < 1.29 is 14.3 Å². The normalized spacial score (nSPS) is 11.6. The van der Waals surface area contributed by atoms with Gasteiger partial charge in [-0.3, -0.25) is 9.59 Å². The zero-order valence-corrected chi connectivity index (χ0v) is 18.2. The van der Waals surface area contributed by atoms with E-state index in [0.717, 1.165) is 6.42 Å². The highest BCUT2D eigenvalue weighted by Crippen LogP contribution is 2.24. The molecule has 2 aromatic carbocycles. The zero-order chi connectivity index (χ0) is 21.2. The van der Waals surface area contributed by atoms with Gasteiger partial charge in [-0.05, 0) is 42.7 Å². The van der Waals surface area contributed by atoms with Crippen molar-refractivity contribution in [2.24, 2.45) is 0 Å². The van der Waals surface area contributed by atoms with Crippen LogP contribution in [-0.2, 0) is 16.1 Å². The van der Waals surface area contributed by atoms with E-state index in [0.29, 0.717) is 34.3 Å². The van der Waals surface area contributed by atoms with Crippen molar-refractivity contribution >= 4 is 35.0 Å². The second-order valence-electron chi connectivity index (χ2n) is 6.57. The Balaban J connectivity index is 2.22. The largest absolute Gasteiger partial charge is 0.484 e. The Morgan fingerprint density at radius 2 is 1.83 bits per heavy atom. The Hall–Kier alpha value is -2.24. The van der Waals surface area contributed by atoms with Gasteiger partial charge in [0.1, 0.15) is 11.8 Å². The standard InChI is InChI=1S/C22H26Cl2N2O3/c1-3-12-25-22(28)20(4-2)26(14-16-10-11-17(23)13-19(16)24)21(27)15-29-18-8-6-5-7-9-18/h5-11,13,20H,3-4,12,14-15H2,1-2H3,(H,25,28)/t20-/m1/s1. The summed E-state index contributed by atoms with van der Waals surface area (Å²) in [6.07, 6.45) is 1.29. The summed E-state index contributed by atoms with van der Waals surface area (Å²) in [6.45, 7) is 4.42. The van der Waals surface area contributed by atoms with Crippen LogP contribution in [0.25, 0.3) is 0 Å². The summed E-state index contributed by atoms with van der Waals surface area (Å²) in [4.78, 5) is 27.2. The average molecular weight is 437 g/mol. The maximum Gasteiger partial charge on any atom is 0.261 e. The Morgan fingerprint density at radius 3 is 2.45 bits per heavy atom. The van der Waals surface area contributed by atoms with Gasteiger partial charge in [-0.25, -0.2) is 0 Å². The molecule has 2 rings (SSSR count). The van der Waals surface area contributed by atoms with Gasteiger partial charge in [0.05, 0.1) is 0 Å². The molecule has 1 atom stereocenters. The third kappa shape index (κ3) is 6.94. The monoisotopic (exact) mass is 436 g/mol. The van der Waals surface area contributed by atoms with Crippen LogP contribution in [0.2, 0.25) is 10.0 Å². The summed E-state index contributed by atoms with van der Waals surface area (Å²) in [5.41, 5.74) is 0.714. The molecule has 0 saturated carbocycles. The lowest BCUT2D eigenvalue weighted by molar-refractivity contribution is -0.143. The average Bonchev–Trinajstić information content (AvgIpc) is 2.72. The van der Waals surface area contributed by atoms with E-state index in [4.69, 9.17) is 27.9 Å². The molecule has 0 saturated heterocycles. The van der Waals surface area contributed by atoms with E-state index >= 15 is 0 Å². The number of rotatable bonds is 10. The molecule has 0 aliphatic heterocycles. The molecule has 2 amide bonds. The molecule has 29 heavy (non-hydrogen) atoms. The molecule has 0 aliphatic carbocycles. The quantitative estimate of drug-likeness (QED) is 0.586. The van der Waals surface area contributed by atoms with Crippen LogP contribution in [0, 0.1) is 0 Å². The van der Waals surface area contributed by atoms with E-state index in [1.165, 1.54) is 4.90 Å². The molecule has 0 heterocycles. The summed E-state index contributed by atoms with van der Waals surface area (Å²) in [6, 6.07) is 13.6. The summed E-state index contributed by atoms with van der Waals surface area (Å²) in [5.74, 6) is 0.111. The lowest BCUT2D eigenvalue weighted by atomic mass is 10.1. The summed E-state index contributed by atoms with van der Waals surface area (Å²) in [5, 5.41) is 3.83. The molecule has 0 aromatic heterocycles. The fraction of sp³-hybridized carbons (Fsp3) is 0.364. The first-order valence-electron chi connectivity index (χ1n) is 9.65. The van der Waals surface area contributed by atoms with Gasteiger partial charge in [0.2, 0.25) is 5.91 Å². The van der Waals surface area contributed by atoms with Gasteiger partial charge < -0.3 is 15.0 Å². The first-order chi connectivity index (χ1) is 14.0. The van der Waals surface area contributed by atoms with E-state index in [2.05, 4.69) is 5.32 Å². The van der Waals surface area contributed by atoms with Crippen molar-refractivity contribution in [3.63, 3.8) is 0 Å². The predicted molar refractivity (Wildman–Crippen MR) is 116 cm³/mol. The number of nitrogens with zero attached hydrogens (tertiary/aromatic N) is 1. The topological polar surface area (TPSA) is 58.6 Å². The summed E-state index contributed by atoms with van der Waals surface area (Å²) >= 11 is 12.3. The summed E-state index contributed by atoms with van der Waals surface area (Å²) in [7, 11) is 0. The van der Waals surface area contributed by atoms with Crippen molar-refractivity contribution in [3.05, 3.63) is 64.1 Å². The van der Waals surface area contributed by atoms with Crippen LogP contribution in [0.3, 0.4) is 0 Å². The third-order valence-corrected chi connectivity index (χ3v) is 4.98. The van der Waals surface area contributed by atoms with Crippen LogP contribution in [0.15, 0.2) is 48.5 Å². The van der Waals surface area contributed by atoms with Crippen LogP contribution in [-0.4, -0.2) is 35.9 Å². The first kappa shape index (κ1) is 23.0. The molecule has 156 valence electrons. The Labute approximate surface area is 181 Å². The van der Waals surface area contributed by atoms with Gasteiger partial charge in [0, 0.05) is 23.1 Å². The molecule has 0 radical (unpaired) electrons. The number of amides is 2. The highest BCUT2D eigenvalue weighted by Gasteiger charge is 2.29. The van der Waals surface area contributed by atoms with Crippen molar-refractivity contribution in [2.75, 3.05) is 13.2 Å². The number of hydrogen-bond donors (Lipinski definition) is 1. The van der Waals surface area contributed by atoms with Gasteiger partial charge >= 0.3 is 0 Å². The van der Waals surface area contributed by atoms with Crippen LogP contribution < -0.4 is 10.1 Å². The highest BCUT2D eigenvalue weighted by molar-refractivity contribution is 6.35. The van der Waals surface area contributed by atoms with Crippen molar-refractivity contribution in [3.8, 4) is 5.75 Å². The Kier molecular flexibility index (Phi) is 9.29. The van der Waals surface area contributed by atoms with Crippen LogP contribution in [0.5, 0.6) is 5.75 Å². The van der Waals surface area contributed by atoms with Crippen LogP contribution >= 0.6 is 23.2 Å². The molecular weight excluding hydrogens is 411 g/mol. The molecule has 0 fully saturated rings. The maximum absolute atomic E-state index is 13.0. The van der Waals surface area contributed by atoms with Gasteiger partial charge in [-0.1, -0.05) is 61.3 Å². The van der Waals surface area contributed by atoms with E-state index < -0.39 is 6.04 Å².